The fourth-order valence-corrected chi connectivity index (χ4v) is 6.75. The molecule has 0 spiro atoms. The highest BCUT2D eigenvalue weighted by molar-refractivity contribution is 7.19. The van der Waals surface area contributed by atoms with Gasteiger partial charge in [-0.05, 0) is 49.2 Å². The van der Waals surface area contributed by atoms with Gasteiger partial charge in [0.25, 0.3) is 0 Å². The Kier molecular flexibility index (Phi) is 7.25. The Hall–Kier alpha value is -2.23. The lowest BCUT2D eigenvalue weighted by atomic mass is 9.98. The quantitative estimate of drug-likeness (QED) is 0.475. The standard InChI is InChI=1S/C26H29Cl2N5O2S/c1-15-11-29-12-16(2)32(15)14-21-20(8-17(27)9-22(21)28)19-4-6-30-23-10-18(36-25(19)23)13-33-24(34)5-7-31(3)26(33)35/h4,6,8-10,15-16,29H,5,7,11-14H2,1-3H3/t15-,16-/m0/s1. The van der Waals surface area contributed by atoms with Gasteiger partial charge in [0.1, 0.15) is 0 Å². The normalized spacial score (nSPS) is 21.6. The number of hydrogen-bond donors (Lipinski definition) is 1. The number of nitrogens with one attached hydrogen (secondary N) is 1. The van der Waals surface area contributed by atoms with Crippen LogP contribution in [0, 0.1) is 0 Å². The summed E-state index contributed by atoms with van der Waals surface area (Å²) in [5, 5.41) is 4.70. The van der Waals surface area contributed by atoms with Crippen molar-refractivity contribution >= 4 is 56.7 Å². The van der Waals surface area contributed by atoms with E-state index in [1.807, 2.05) is 24.3 Å². The number of nitrogens with zero attached hydrogens (tertiary/aromatic N) is 4. The topological polar surface area (TPSA) is 68.8 Å². The number of aromatic nitrogens is 1. The first kappa shape index (κ1) is 25.4. The number of halogens is 2. The first-order valence-corrected chi connectivity index (χ1v) is 13.7. The molecular formula is C26H29Cl2N5O2S. The molecule has 1 aromatic carbocycles. The van der Waals surface area contributed by atoms with Gasteiger partial charge in [-0.25, -0.2) is 4.79 Å². The van der Waals surface area contributed by atoms with Gasteiger partial charge in [-0.15, -0.1) is 11.3 Å². The second-order valence-corrected chi connectivity index (χ2v) is 11.6. The summed E-state index contributed by atoms with van der Waals surface area (Å²) in [6.07, 6.45) is 2.12. The molecule has 0 saturated carbocycles. The predicted octanol–water partition coefficient (Wildman–Crippen LogP) is 5.24. The zero-order chi connectivity index (χ0) is 25.6. The average Bonchev–Trinajstić information content (AvgIpc) is 3.25. The zero-order valence-electron chi connectivity index (χ0n) is 20.6. The van der Waals surface area contributed by atoms with Gasteiger partial charge in [-0.2, -0.15) is 0 Å². The van der Waals surface area contributed by atoms with E-state index in [9.17, 15) is 9.59 Å². The Labute approximate surface area is 225 Å². The van der Waals surface area contributed by atoms with E-state index in [2.05, 4.69) is 29.0 Å². The van der Waals surface area contributed by atoms with E-state index in [-0.39, 0.29) is 18.5 Å². The first-order chi connectivity index (χ1) is 17.2. The van der Waals surface area contributed by atoms with Crippen molar-refractivity contribution in [3.8, 4) is 11.1 Å². The van der Waals surface area contributed by atoms with Gasteiger partial charge in [0, 0.05) is 78.4 Å². The average molecular weight is 547 g/mol. The smallest absolute Gasteiger partial charge is 0.326 e. The van der Waals surface area contributed by atoms with Gasteiger partial charge < -0.3 is 10.2 Å². The highest BCUT2D eigenvalue weighted by Crippen LogP contribution is 2.40. The number of fused-ring (bicyclic) bond motifs is 1. The van der Waals surface area contributed by atoms with Crippen LogP contribution in [0.25, 0.3) is 21.3 Å². The third-order valence-corrected chi connectivity index (χ3v) is 8.80. The van der Waals surface area contributed by atoms with Crippen LogP contribution in [-0.2, 0) is 17.9 Å². The number of rotatable bonds is 5. The summed E-state index contributed by atoms with van der Waals surface area (Å²) in [6.45, 7) is 7.71. The molecule has 2 fully saturated rings. The molecule has 7 nitrogen and oxygen atoms in total. The number of amides is 3. The van der Waals surface area contributed by atoms with Crippen molar-refractivity contribution in [3.05, 3.63) is 50.9 Å². The van der Waals surface area contributed by atoms with Crippen LogP contribution in [0.15, 0.2) is 30.5 Å². The molecule has 2 atom stereocenters. The molecule has 3 aromatic rings. The number of benzene rings is 1. The Balaban J connectivity index is 1.54. The maximum absolute atomic E-state index is 12.6. The monoisotopic (exact) mass is 545 g/mol. The molecule has 2 aliphatic heterocycles. The Morgan fingerprint density at radius 1 is 1.08 bits per heavy atom. The van der Waals surface area contributed by atoms with Crippen LogP contribution in [-0.4, -0.2) is 70.4 Å². The van der Waals surface area contributed by atoms with E-state index in [0.717, 1.165) is 44.9 Å². The number of piperazine rings is 1. The Morgan fingerprint density at radius 2 is 1.83 bits per heavy atom. The molecule has 2 aromatic heterocycles. The highest BCUT2D eigenvalue weighted by Gasteiger charge is 2.31. The molecule has 0 aliphatic carbocycles. The third kappa shape index (κ3) is 4.85. The van der Waals surface area contributed by atoms with Crippen molar-refractivity contribution in [1.82, 2.24) is 25.0 Å². The second-order valence-electron chi connectivity index (χ2n) is 9.66. The van der Waals surface area contributed by atoms with Crippen LogP contribution in [0.3, 0.4) is 0 Å². The molecule has 0 bridgehead atoms. The van der Waals surface area contributed by atoms with Gasteiger partial charge in [0.05, 0.1) is 16.8 Å². The lowest BCUT2D eigenvalue weighted by Crippen LogP contribution is -2.54. The van der Waals surface area contributed by atoms with Crippen molar-refractivity contribution in [1.29, 1.82) is 0 Å². The lowest BCUT2D eigenvalue weighted by molar-refractivity contribution is -0.131. The van der Waals surface area contributed by atoms with E-state index in [4.69, 9.17) is 23.2 Å². The van der Waals surface area contributed by atoms with Gasteiger partial charge in [-0.1, -0.05) is 23.2 Å². The first-order valence-electron chi connectivity index (χ1n) is 12.1. The van der Waals surface area contributed by atoms with Gasteiger partial charge >= 0.3 is 6.03 Å². The predicted molar refractivity (Wildman–Crippen MR) is 146 cm³/mol. The molecule has 190 valence electrons. The number of urea groups is 1. The number of pyridine rings is 1. The number of carbonyl (C=O) groups excluding carboxylic acids is 2. The summed E-state index contributed by atoms with van der Waals surface area (Å²) in [5.74, 6) is -0.146. The fourth-order valence-electron chi connectivity index (χ4n) is 5.06. The van der Waals surface area contributed by atoms with Crippen molar-refractivity contribution in [2.75, 3.05) is 26.7 Å². The number of hydrogen-bond acceptors (Lipinski definition) is 6. The zero-order valence-corrected chi connectivity index (χ0v) is 22.9. The van der Waals surface area contributed by atoms with Gasteiger partial charge in [-0.3, -0.25) is 19.6 Å². The van der Waals surface area contributed by atoms with Crippen molar-refractivity contribution in [3.63, 3.8) is 0 Å². The summed E-state index contributed by atoms with van der Waals surface area (Å²) >= 11 is 14.8. The number of thiophene rings is 1. The summed E-state index contributed by atoms with van der Waals surface area (Å²) in [7, 11) is 1.72. The van der Waals surface area contributed by atoms with Crippen LogP contribution in [0.2, 0.25) is 10.0 Å². The van der Waals surface area contributed by atoms with E-state index < -0.39 is 0 Å². The van der Waals surface area contributed by atoms with Gasteiger partial charge in [0.2, 0.25) is 5.91 Å². The lowest BCUT2D eigenvalue weighted by Gasteiger charge is -2.40. The molecule has 1 N–H and O–H groups in total. The maximum atomic E-state index is 12.6. The van der Waals surface area contributed by atoms with Crippen LogP contribution >= 0.6 is 34.5 Å². The summed E-state index contributed by atoms with van der Waals surface area (Å²) in [5.41, 5.74) is 3.84. The van der Waals surface area contributed by atoms with E-state index in [0.29, 0.717) is 41.6 Å². The molecular weight excluding hydrogens is 517 g/mol. The van der Waals surface area contributed by atoms with E-state index in [1.165, 1.54) is 4.90 Å². The summed E-state index contributed by atoms with van der Waals surface area (Å²) in [6, 6.07) is 8.21. The minimum Gasteiger partial charge on any atom is -0.327 e. The molecule has 36 heavy (non-hydrogen) atoms. The largest absolute Gasteiger partial charge is 0.327 e. The molecule has 0 unspecified atom stereocenters. The molecule has 0 radical (unpaired) electrons. The Morgan fingerprint density at radius 3 is 2.58 bits per heavy atom. The SMILES string of the molecule is C[C@H]1CNC[C@H](C)N1Cc1c(Cl)cc(Cl)cc1-c1ccnc2cc(CN3C(=O)CCN(C)C3=O)sc12. The minimum atomic E-state index is -0.264. The summed E-state index contributed by atoms with van der Waals surface area (Å²) < 4.78 is 0.985. The minimum absolute atomic E-state index is 0.146. The molecule has 5 rings (SSSR count). The molecule has 2 saturated heterocycles. The van der Waals surface area contributed by atoms with Crippen LogP contribution < -0.4 is 5.32 Å². The highest BCUT2D eigenvalue weighted by atomic mass is 35.5. The van der Waals surface area contributed by atoms with Crippen LogP contribution in [0.1, 0.15) is 30.7 Å². The van der Waals surface area contributed by atoms with Crippen LogP contribution in [0.5, 0.6) is 0 Å². The van der Waals surface area contributed by atoms with E-state index >= 15 is 0 Å². The number of carbonyl (C=O) groups is 2. The van der Waals surface area contributed by atoms with Gasteiger partial charge in [0.15, 0.2) is 0 Å². The molecule has 2 aliphatic rings. The second kappa shape index (κ2) is 10.3. The summed E-state index contributed by atoms with van der Waals surface area (Å²) in [4.78, 5) is 35.9. The van der Waals surface area contributed by atoms with Crippen molar-refractivity contribution in [2.24, 2.45) is 0 Å². The van der Waals surface area contributed by atoms with Crippen molar-refractivity contribution < 1.29 is 9.59 Å². The third-order valence-electron chi connectivity index (χ3n) is 7.10. The fraction of sp³-hybridized carbons (Fsp3) is 0.423. The molecule has 4 heterocycles. The maximum Gasteiger partial charge on any atom is 0.326 e. The van der Waals surface area contributed by atoms with Crippen molar-refractivity contribution in [2.45, 2.75) is 45.4 Å². The number of imide groups is 1. The van der Waals surface area contributed by atoms with E-state index in [1.54, 1.807) is 29.5 Å². The molecule has 3 amide bonds. The Bertz CT molecular complexity index is 1320. The van der Waals surface area contributed by atoms with Crippen LogP contribution in [0.4, 0.5) is 4.79 Å². The molecule has 10 heteroatoms.